The Morgan fingerprint density at radius 2 is 2.00 bits per heavy atom. The number of hydrogen-bond acceptors (Lipinski definition) is 4. The molecule has 1 N–H and O–H groups in total. The molecule has 2 aromatic rings. The quantitative estimate of drug-likeness (QED) is 0.884. The Kier molecular flexibility index (Phi) is 3.70. The monoisotopic (exact) mass is 262 g/mol. The van der Waals surface area contributed by atoms with Crippen molar-refractivity contribution < 1.29 is 19.4 Å². The predicted molar refractivity (Wildman–Crippen MR) is 68.0 cm³/mol. The average Bonchev–Trinajstić information content (AvgIpc) is 2.85. The number of rotatable bonds is 5. The molecule has 0 saturated carbocycles. The molecule has 0 atom stereocenters. The van der Waals surface area contributed by atoms with Gasteiger partial charge in [-0.2, -0.15) is 5.10 Å². The Morgan fingerprint density at radius 1 is 1.26 bits per heavy atom. The lowest BCUT2D eigenvalue weighted by Crippen LogP contribution is -2.02. The second kappa shape index (κ2) is 5.43. The van der Waals surface area contributed by atoms with Gasteiger partial charge >= 0.3 is 5.97 Å². The van der Waals surface area contributed by atoms with Gasteiger partial charge in [-0.15, -0.1) is 0 Å². The summed E-state index contributed by atoms with van der Waals surface area (Å²) in [5, 5.41) is 12.9. The van der Waals surface area contributed by atoms with Crippen LogP contribution in [0.2, 0.25) is 0 Å². The third kappa shape index (κ3) is 2.85. The molecule has 1 aromatic carbocycles. The van der Waals surface area contributed by atoms with Crippen molar-refractivity contribution in [2.24, 2.45) is 0 Å². The zero-order chi connectivity index (χ0) is 13.8. The summed E-state index contributed by atoms with van der Waals surface area (Å²) >= 11 is 0. The van der Waals surface area contributed by atoms with Gasteiger partial charge in [0.1, 0.15) is 0 Å². The fourth-order valence-corrected chi connectivity index (χ4v) is 1.72. The van der Waals surface area contributed by atoms with E-state index in [1.807, 2.05) is 6.07 Å². The number of carboxylic acid groups (broad SMARTS) is 1. The summed E-state index contributed by atoms with van der Waals surface area (Å²) < 4.78 is 12.0. The normalized spacial score (nSPS) is 10.2. The van der Waals surface area contributed by atoms with Gasteiger partial charge in [0.25, 0.3) is 0 Å². The van der Waals surface area contributed by atoms with Crippen LogP contribution in [-0.2, 0) is 11.2 Å². The number of carbonyl (C=O) groups is 1. The summed E-state index contributed by atoms with van der Waals surface area (Å²) in [6.07, 6.45) is 1.61. The second-order valence-corrected chi connectivity index (χ2v) is 3.86. The van der Waals surface area contributed by atoms with E-state index in [-0.39, 0.29) is 6.42 Å². The van der Waals surface area contributed by atoms with Crippen LogP contribution in [0.25, 0.3) is 5.69 Å². The maximum Gasteiger partial charge on any atom is 0.309 e. The molecule has 0 radical (unpaired) electrons. The van der Waals surface area contributed by atoms with Crippen molar-refractivity contribution >= 4 is 5.97 Å². The van der Waals surface area contributed by atoms with Crippen molar-refractivity contribution in [1.29, 1.82) is 0 Å². The first-order chi connectivity index (χ1) is 9.13. The first-order valence-electron chi connectivity index (χ1n) is 5.63. The highest BCUT2D eigenvalue weighted by Crippen LogP contribution is 2.28. The van der Waals surface area contributed by atoms with Crippen LogP contribution in [0.3, 0.4) is 0 Å². The molecular weight excluding hydrogens is 248 g/mol. The van der Waals surface area contributed by atoms with Gasteiger partial charge < -0.3 is 14.6 Å². The molecule has 19 heavy (non-hydrogen) atoms. The number of nitrogens with zero attached hydrogens (tertiary/aromatic N) is 2. The average molecular weight is 262 g/mol. The number of carboxylic acids is 1. The number of benzene rings is 1. The first kappa shape index (κ1) is 12.9. The molecule has 100 valence electrons. The van der Waals surface area contributed by atoms with Crippen LogP contribution in [0, 0.1) is 0 Å². The van der Waals surface area contributed by atoms with E-state index in [9.17, 15) is 4.79 Å². The second-order valence-electron chi connectivity index (χ2n) is 3.86. The minimum absolute atomic E-state index is 0.0969. The fourth-order valence-electron chi connectivity index (χ4n) is 1.72. The van der Waals surface area contributed by atoms with Crippen LogP contribution >= 0.6 is 0 Å². The SMILES string of the molecule is COc1ccc(-n2ccc(CC(=O)O)n2)cc1OC. The van der Waals surface area contributed by atoms with E-state index in [2.05, 4.69) is 5.10 Å². The number of ether oxygens (including phenoxy) is 2. The standard InChI is InChI=1S/C13H14N2O4/c1-18-11-4-3-10(8-12(11)19-2)15-6-5-9(14-15)7-13(16)17/h3-6,8H,7H2,1-2H3,(H,16,17). The minimum Gasteiger partial charge on any atom is -0.493 e. The summed E-state index contributed by atoms with van der Waals surface area (Å²) in [5.41, 5.74) is 1.27. The largest absolute Gasteiger partial charge is 0.493 e. The molecule has 6 heteroatoms. The Hall–Kier alpha value is -2.50. The third-order valence-corrected chi connectivity index (χ3v) is 2.61. The Morgan fingerprint density at radius 3 is 2.63 bits per heavy atom. The summed E-state index contributed by atoms with van der Waals surface area (Å²) in [6.45, 7) is 0. The van der Waals surface area contributed by atoms with Crippen LogP contribution < -0.4 is 9.47 Å². The zero-order valence-electron chi connectivity index (χ0n) is 10.7. The lowest BCUT2D eigenvalue weighted by atomic mass is 10.3. The number of methoxy groups -OCH3 is 2. The molecule has 1 aromatic heterocycles. The Labute approximate surface area is 110 Å². The van der Waals surface area contributed by atoms with Crippen molar-refractivity contribution in [1.82, 2.24) is 9.78 Å². The van der Waals surface area contributed by atoms with Gasteiger partial charge in [0.15, 0.2) is 11.5 Å². The highest BCUT2D eigenvalue weighted by atomic mass is 16.5. The number of hydrogen-bond donors (Lipinski definition) is 1. The van der Waals surface area contributed by atoms with Crippen molar-refractivity contribution in [2.75, 3.05) is 14.2 Å². The van der Waals surface area contributed by atoms with E-state index in [4.69, 9.17) is 14.6 Å². The van der Waals surface area contributed by atoms with Gasteiger partial charge in [0.05, 0.1) is 32.0 Å². The van der Waals surface area contributed by atoms with Gasteiger partial charge in [-0.25, -0.2) is 4.68 Å². The molecular formula is C13H14N2O4. The summed E-state index contributed by atoms with van der Waals surface area (Å²) in [7, 11) is 3.12. The van der Waals surface area contributed by atoms with Crippen molar-refractivity contribution in [3.8, 4) is 17.2 Å². The molecule has 6 nitrogen and oxygen atoms in total. The summed E-state index contributed by atoms with van der Waals surface area (Å²) in [6, 6.07) is 7.03. The summed E-state index contributed by atoms with van der Waals surface area (Å²) in [5.74, 6) is 0.317. The predicted octanol–water partition coefficient (Wildman–Crippen LogP) is 1.52. The zero-order valence-corrected chi connectivity index (χ0v) is 10.7. The van der Waals surface area contributed by atoms with E-state index in [0.717, 1.165) is 5.69 Å². The molecule has 0 aliphatic rings. The molecule has 0 aliphatic heterocycles. The highest BCUT2D eigenvalue weighted by molar-refractivity contribution is 5.69. The maximum absolute atomic E-state index is 10.6. The van der Waals surface area contributed by atoms with Gasteiger partial charge in [-0.1, -0.05) is 0 Å². The molecule has 0 amide bonds. The van der Waals surface area contributed by atoms with E-state index < -0.39 is 5.97 Å². The third-order valence-electron chi connectivity index (χ3n) is 2.61. The van der Waals surface area contributed by atoms with Crippen LogP contribution in [0.4, 0.5) is 0 Å². The lowest BCUT2D eigenvalue weighted by Gasteiger charge is -2.09. The Balaban J connectivity index is 2.31. The first-order valence-corrected chi connectivity index (χ1v) is 5.63. The molecule has 1 heterocycles. The maximum atomic E-state index is 10.6. The molecule has 0 unspecified atom stereocenters. The minimum atomic E-state index is -0.905. The van der Waals surface area contributed by atoms with E-state index in [1.54, 1.807) is 43.3 Å². The van der Waals surface area contributed by atoms with Gasteiger partial charge in [-0.05, 0) is 18.2 Å². The van der Waals surface area contributed by atoms with Crippen LogP contribution in [0.5, 0.6) is 11.5 Å². The van der Waals surface area contributed by atoms with E-state index in [1.165, 1.54) is 0 Å². The van der Waals surface area contributed by atoms with Crippen LogP contribution in [0.1, 0.15) is 5.69 Å². The van der Waals surface area contributed by atoms with Crippen molar-refractivity contribution in [3.63, 3.8) is 0 Å². The number of aliphatic carboxylic acids is 1. The van der Waals surface area contributed by atoms with E-state index >= 15 is 0 Å². The van der Waals surface area contributed by atoms with Crippen LogP contribution in [-0.4, -0.2) is 35.1 Å². The van der Waals surface area contributed by atoms with Crippen LogP contribution in [0.15, 0.2) is 30.5 Å². The lowest BCUT2D eigenvalue weighted by molar-refractivity contribution is -0.136. The van der Waals surface area contributed by atoms with Gasteiger partial charge in [0.2, 0.25) is 0 Å². The number of aromatic nitrogens is 2. The smallest absolute Gasteiger partial charge is 0.309 e. The van der Waals surface area contributed by atoms with E-state index in [0.29, 0.717) is 17.2 Å². The highest BCUT2D eigenvalue weighted by Gasteiger charge is 2.08. The molecule has 0 spiro atoms. The molecule has 0 saturated heterocycles. The fraction of sp³-hybridized carbons (Fsp3) is 0.231. The van der Waals surface area contributed by atoms with Crippen molar-refractivity contribution in [3.05, 3.63) is 36.2 Å². The van der Waals surface area contributed by atoms with Gasteiger partial charge in [0, 0.05) is 12.3 Å². The van der Waals surface area contributed by atoms with Gasteiger partial charge in [-0.3, -0.25) is 4.79 Å². The Bertz CT molecular complexity index is 592. The molecule has 0 aliphatic carbocycles. The molecule has 0 bridgehead atoms. The van der Waals surface area contributed by atoms with Crippen molar-refractivity contribution in [2.45, 2.75) is 6.42 Å². The summed E-state index contributed by atoms with van der Waals surface area (Å²) in [4.78, 5) is 10.6. The molecule has 2 rings (SSSR count). The topological polar surface area (TPSA) is 73.6 Å². The molecule has 0 fully saturated rings.